The highest BCUT2D eigenvalue weighted by molar-refractivity contribution is 7.93. The quantitative estimate of drug-likeness (QED) is 0.874. The Bertz CT molecular complexity index is 674. The molecule has 1 N–H and O–H groups in total. The van der Waals surface area contributed by atoms with Gasteiger partial charge in [-0.3, -0.25) is 9.10 Å². The number of likely N-dealkylation sites (tertiary alicyclic amines) is 1. The smallest absolute Gasteiger partial charge is 0.254 e. The molecule has 0 unspecified atom stereocenters. The van der Waals surface area contributed by atoms with E-state index >= 15 is 0 Å². The van der Waals surface area contributed by atoms with E-state index in [1.807, 2.05) is 0 Å². The maximum Gasteiger partial charge on any atom is 0.254 e. The summed E-state index contributed by atoms with van der Waals surface area (Å²) in [6.45, 7) is 1.43. The monoisotopic (exact) mass is 324 g/mol. The van der Waals surface area contributed by atoms with Crippen molar-refractivity contribution in [3.63, 3.8) is 0 Å². The fraction of sp³-hybridized carbons (Fsp3) is 0.533. The van der Waals surface area contributed by atoms with Crippen molar-refractivity contribution in [2.75, 3.05) is 29.7 Å². The molecule has 1 aromatic carbocycles. The molecule has 3 rings (SSSR count). The largest absolute Gasteiger partial charge is 0.391 e. The molecule has 0 spiro atoms. The molecule has 2 aliphatic heterocycles. The number of nitrogens with zero attached hydrogens (tertiary/aromatic N) is 2. The lowest BCUT2D eigenvalue weighted by molar-refractivity contribution is 0.0474. The van der Waals surface area contributed by atoms with E-state index in [1.165, 1.54) is 4.31 Å². The summed E-state index contributed by atoms with van der Waals surface area (Å²) in [5, 5.41) is 9.69. The Balaban J connectivity index is 1.83. The van der Waals surface area contributed by atoms with Crippen molar-refractivity contribution in [2.24, 2.45) is 0 Å². The molecule has 7 heteroatoms. The average Bonchev–Trinajstić information content (AvgIpc) is 2.86. The highest BCUT2D eigenvalue weighted by atomic mass is 32.2. The Hall–Kier alpha value is -1.60. The normalized spacial score (nSPS) is 24.5. The molecule has 0 aromatic heterocycles. The first-order chi connectivity index (χ1) is 10.5. The first kappa shape index (κ1) is 15.3. The summed E-state index contributed by atoms with van der Waals surface area (Å²) in [5.41, 5.74) is 1.01. The lowest BCUT2D eigenvalue weighted by atomic mass is 10.1. The molecule has 0 aliphatic carbocycles. The van der Waals surface area contributed by atoms with Crippen molar-refractivity contribution < 1.29 is 18.3 Å². The lowest BCUT2D eigenvalue weighted by Crippen LogP contribution is -2.42. The Kier molecular flexibility index (Phi) is 4.10. The van der Waals surface area contributed by atoms with Gasteiger partial charge in [-0.05, 0) is 37.5 Å². The summed E-state index contributed by atoms with van der Waals surface area (Å²) in [6, 6.07) is 6.74. The minimum absolute atomic E-state index is 0.155. The molecule has 120 valence electrons. The summed E-state index contributed by atoms with van der Waals surface area (Å²) < 4.78 is 25.3. The summed E-state index contributed by atoms with van der Waals surface area (Å²) in [4.78, 5) is 14.2. The van der Waals surface area contributed by atoms with Crippen molar-refractivity contribution in [3.8, 4) is 0 Å². The van der Waals surface area contributed by atoms with E-state index in [1.54, 1.807) is 29.2 Å². The maximum atomic E-state index is 12.5. The predicted molar refractivity (Wildman–Crippen MR) is 83.3 cm³/mol. The fourth-order valence-electron chi connectivity index (χ4n) is 3.05. The van der Waals surface area contributed by atoms with Crippen LogP contribution < -0.4 is 4.31 Å². The number of anilines is 1. The second-order valence-corrected chi connectivity index (χ2v) is 7.85. The highest BCUT2D eigenvalue weighted by Gasteiger charge is 2.29. The summed E-state index contributed by atoms with van der Waals surface area (Å²) in [7, 11) is -3.25. The van der Waals surface area contributed by atoms with Crippen molar-refractivity contribution >= 4 is 21.6 Å². The third kappa shape index (κ3) is 2.96. The molecule has 2 aliphatic rings. The van der Waals surface area contributed by atoms with Crippen LogP contribution in [0.5, 0.6) is 0 Å². The van der Waals surface area contributed by atoms with Crippen LogP contribution in [0.25, 0.3) is 0 Å². The van der Waals surface area contributed by atoms with Gasteiger partial charge in [0, 0.05) is 25.2 Å². The molecule has 2 fully saturated rings. The van der Waals surface area contributed by atoms with Gasteiger partial charge in [0.1, 0.15) is 0 Å². The molecule has 0 bridgehead atoms. The van der Waals surface area contributed by atoms with Gasteiger partial charge in [0.05, 0.1) is 17.5 Å². The number of amides is 1. The zero-order chi connectivity index (χ0) is 15.7. The van der Waals surface area contributed by atoms with E-state index < -0.39 is 16.1 Å². The van der Waals surface area contributed by atoms with Crippen LogP contribution in [0.1, 0.15) is 29.6 Å². The molecule has 0 saturated carbocycles. The van der Waals surface area contributed by atoms with Crippen LogP contribution in [0.15, 0.2) is 24.3 Å². The Morgan fingerprint density at radius 3 is 2.73 bits per heavy atom. The van der Waals surface area contributed by atoms with E-state index in [9.17, 15) is 18.3 Å². The molecule has 1 atom stereocenters. The van der Waals surface area contributed by atoms with E-state index in [-0.39, 0.29) is 11.7 Å². The topological polar surface area (TPSA) is 77.9 Å². The molecule has 0 radical (unpaired) electrons. The van der Waals surface area contributed by atoms with Gasteiger partial charge in [0.15, 0.2) is 0 Å². The van der Waals surface area contributed by atoms with Crippen molar-refractivity contribution in [1.82, 2.24) is 4.90 Å². The van der Waals surface area contributed by atoms with Crippen LogP contribution in [0.3, 0.4) is 0 Å². The van der Waals surface area contributed by atoms with Gasteiger partial charge in [-0.2, -0.15) is 0 Å². The molecule has 6 nitrogen and oxygen atoms in total. The van der Waals surface area contributed by atoms with Gasteiger partial charge in [-0.25, -0.2) is 8.42 Å². The first-order valence-electron chi connectivity index (χ1n) is 7.55. The molecule has 2 heterocycles. The fourth-order valence-corrected chi connectivity index (χ4v) is 4.60. The zero-order valence-corrected chi connectivity index (χ0v) is 13.1. The highest BCUT2D eigenvalue weighted by Crippen LogP contribution is 2.25. The number of rotatable bonds is 2. The van der Waals surface area contributed by atoms with Gasteiger partial charge in [0.25, 0.3) is 5.91 Å². The second-order valence-electron chi connectivity index (χ2n) is 5.84. The van der Waals surface area contributed by atoms with Crippen LogP contribution >= 0.6 is 0 Å². The van der Waals surface area contributed by atoms with Crippen LogP contribution in [0.2, 0.25) is 0 Å². The number of piperidine rings is 1. The van der Waals surface area contributed by atoms with Crippen LogP contribution in [0, 0.1) is 0 Å². The maximum absolute atomic E-state index is 12.5. The summed E-state index contributed by atoms with van der Waals surface area (Å²) >= 11 is 0. The van der Waals surface area contributed by atoms with Crippen molar-refractivity contribution in [1.29, 1.82) is 0 Å². The van der Waals surface area contributed by atoms with Gasteiger partial charge in [-0.15, -0.1) is 0 Å². The Morgan fingerprint density at radius 2 is 2.05 bits per heavy atom. The minimum atomic E-state index is -3.25. The number of sulfonamides is 1. The molecule has 1 amide bonds. The van der Waals surface area contributed by atoms with Crippen molar-refractivity contribution in [2.45, 2.75) is 25.4 Å². The Morgan fingerprint density at radius 1 is 1.23 bits per heavy atom. The van der Waals surface area contributed by atoms with Crippen LogP contribution in [-0.2, 0) is 10.0 Å². The number of benzene rings is 1. The van der Waals surface area contributed by atoms with Crippen molar-refractivity contribution in [3.05, 3.63) is 29.8 Å². The number of hydrogen-bond donors (Lipinski definition) is 1. The summed E-state index contributed by atoms with van der Waals surface area (Å²) in [6.07, 6.45) is 1.64. The van der Waals surface area contributed by atoms with E-state index in [4.69, 9.17) is 0 Å². The number of hydrogen-bond acceptors (Lipinski definition) is 4. The van der Waals surface area contributed by atoms with Crippen LogP contribution in [-0.4, -0.2) is 55.8 Å². The third-order valence-corrected chi connectivity index (χ3v) is 6.03. The van der Waals surface area contributed by atoms with Gasteiger partial charge in [0.2, 0.25) is 10.0 Å². The van der Waals surface area contributed by atoms with Gasteiger partial charge < -0.3 is 10.0 Å². The molecule has 22 heavy (non-hydrogen) atoms. The molecular formula is C15H20N2O4S. The molecule has 2 saturated heterocycles. The average molecular weight is 324 g/mol. The SMILES string of the molecule is O=C(c1cccc(N2CCCS2(=O)=O)c1)N1CCC[C@H](O)C1. The second kappa shape index (κ2) is 5.89. The number of aliphatic hydroxyl groups excluding tert-OH is 1. The van der Waals surface area contributed by atoms with Gasteiger partial charge >= 0.3 is 0 Å². The number of β-amino-alcohol motifs (C(OH)–C–C–N with tert-alkyl or cyclic N) is 1. The van der Waals surface area contributed by atoms with E-state index in [0.717, 1.165) is 12.8 Å². The standard InChI is InChI=1S/C15H20N2O4S/c18-14-6-2-7-16(11-14)15(19)12-4-1-5-13(10-12)17-8-3-9-22(17,20)21/h1,4-5,10,14,18H,2-3,6-9,11H2/t14-/m0/s1. The first-order valence-corrected chi connectivity index (χ1v) is 9.16. The zero-order valence-electron chi connectivity index (χ0n) is 12.3. The summed E-state index contributed by atoms with van der Waals surface area (Å²) in [5.74, 6) is 0.000866. The molecular weight excluding hydrogens is 304 g/mol. The number of carbonyl (C=O) groups excluding carboxylic acids is 1. The predicted octanol–water partition coefficient (Wildman–Crippen LogP) is 0.823. The molecule has 1 aromatic rings. The number of aliphatic hydroxyl groups is 1. The van der Waals surface area contributed by atoms with Gasteiger partial charge in [-0.1, -0.05) is 6.07 Å². The minimum Gasteiger partial charge on any atom is -0.391 e. The lowest BCUT2D eigenvalue weighted by Gasteiger charge is -2.30. The van der Waals surface area contributed by atoms with E-state index in [2.05, 4.69) is 0 Å². The number of carbonyl (C=O) groups is 1. The third-order valence-electron chi connectivity index (χ3n) is 4.16. The Labute approximate surface area is 130 Å². The van der Waals surface area contributed by atoms with Crippen LogP contribution in [0.4, 0.5) is 5.69 Å². The van der Waals surface area contributed by atoms with E-state index in [0.29, 0.717) is 37.3 Å².